The molecule has 2 aliphatic heterocycles. The van der Waals surface area contributed by atoms with Gasteiger partial charge in [-0.2, -0.15) is 0 Å². The first-order chi connectivity index (χ1) is 12.2. The molecular formula is C21H30N2OS. The van der Waals surface area contributed by atoms with Crippen LogP contribution in [0.25, 0.3) is 10.1 Å². The summed E-state index contributed by atoms with van der Waals surface area (Å²) in [6, 6.07) is 8.89. The highest BCUT2D eigenvalue weighted by molar-refractivity contribution is 7.19. The quantitative estimate of drug-likeness (QED) is 0.799. The molecule has 4 rings (SSSR count). The van der Waals surface area contributed by atoms with Gasteiger partial charge in [-0.05, 0) is 61.7 Å². The van der Waals surface area contributed by atoms with Crippen LogP contribution in [0.5, 0.6) is 0 Å². The molecule has 1 spiro atoms. The number of aryl methyl sites for hydroxylation is 1. The Labute approximate surface area is 155 Å². The number of nitrogens with zero attached hydrogens (tertiary/aromatic N) is 2. The van der Waals surface area contributed by atoms with Gasteiger partial charge in [0.25, 0.3) is 0 Å². The highest BCUT2D eigenvalue weighted by Crippen LogP contribution is 2.40. The Morgan fingerprint density at radius 2 is 1.96 bits per heavy atom. The van der Waals surface area contributed by atoms with Gasteiger partial charge in [0.1, 0.15) is 0 Å². The predicted octanol–water partition coefficient (Wildman–Crippen LogP) is 4.14. The molecule has 2 aromatic rings. The zero-order chi connectivity index (χ0) is 17.3. The van der Waals surface area contributed by atoms with E-state index in [1.54, 1.807) is 5.56 Å². The van der Waals surface area contributed by atoms with Crippen LogP contribution in [0, 0.1) is 12.3 Å². The van der Waals surface area contributed by atoms with Gasteiger partial charge in [0.05, 0.1) is 6.61 Å². The van der Waals surface area contributed by atoms with E-state index in [2.05, 4.69) is 41.0 Å². The molecule has 2 aliphatic rings. The van der Waals surface area contributed by atoms with Crippen molar-refractivity contribution in [1.29, 1.82) is 0 Å². The van der Waals surface area contributed by atoms with Gasteiger partial charge in [-0.25, -0.2) is 0 Å². The lowest BCUT2D eigenvalue weighted by Gasteiger charge is -2.40. The molecule has 0 radical (unpaired) electrons. The van der Waals surface area contributed by atoms with Crippen molar-refractivity contribution >= 4 is 21.4 Å². The highest BCUT2D eigenvalue weighted by Gasteiger charge is 2.41. The number of piperidine rings is 1. The van der Waals surface area contributed by atoms with Gasteiger partial charge in [0.2, 0.25) is 0 Å². The number of hydrogen-bond donors (Lipinski definition) is 0. The number of fused-ring (bicyclic) bond motifs is 1. The standard InChI is InChI=1S/C21H30N2OS/c1-17-19(18-6-3-4-7-20(18)25-17)14-23-11-9-21(16-23)8-5-10-22(15-21)12-13-24-2/h3-4,6-7H,5,8-16H2,1-2H3. The molecule has 3 nitrogen and oxygen atoms in total. The van der Waals surface area contributed by atoms with Crippen molar-refractivity contribution in [3.63, 3.8) is 0 Å². The molecule has 25 heavy (non-hydrogen) atoms. The maximum Gasteiger partial charge on any atom is 0.0589 e. The Morgan fingerprint density at radius 1 is 1.12 bits per heavy atom. The molecule has 1 aromatic heterocycles. The number of thiophene rings is 1. The minimum absolute atomic E-state index is 0.520. The fraction of sp³-hybridized carbons (Fsp3) is 0.619. The van der Waals surface area contributed by atoms with Crippen LogP contribution in [0.1, 0.15) is 29.7 Å². The van der Waals surface area contributed by atoms with Crippen molar-refractivity contribution < 1.29 is 4.74 Å². The SMILES string of the molecule is COCCN1CCCC2(CCN(Cc3c(C)sc4ccccc34)C2)C1. The molecule has 0 N–H and O–H groups in total. The predicted molar refractivity (Wildman–Crippen MR) is 106 cm³/mol. The van der Waals surface area contributed by atoms with Crippen LogP contribution in [-0.2, 0) is 11.3 Å². The number of methoxy groups -OCH3 is 1. The van der Waals surface area contributed by atoms with Gasteiger partial charge >= 0.3 is 0 Å². The van der Waals surface area contributed by atoms with Crippen LogP contribution in [0.3, 0.4) is 0 Å². The maximum atomic E-state index is 5.29. The second kappa shape index (κ2) is 7.36. The summed E-state index contributed by atoms with van der Waals surface area (Å²) in [6.07, 6.45) is 4.10. The van der Waals surface area contributed by atoms with Crippen molar-refractivity contribution in [2.24, 2.45) is 5.41 Å². The van der Waals surface area contributed by atoms with E-state index >= 15 is 0 Å². The van der Waals surface area contributed by atoms with Crippen LogP contribution in [-0.4, -0.2) is 56.2 Å². The molecule has 1 aromatic carbocycles. The van der Waals surface area contributed by atoms with E-state index < -0.39 is 0 Å². The van der Waals surface area contributed by atoms with Crippen molar-refractivity contribution in [2.45, 2.75) is 32.7 Å². The van der Waals surface area contributed by atoms with Crippen LogP contribution < -0.4 is 0 Å². The van der Waals surface area contributed by atoms with Crippen molar-refractivity contribution in [3.8, 4) is 0 Å². The van der Waals surface area contributed by atoms with E-state index in [1.165, 1.54) is 60.4 Å². The summed E-state index contributed by atoms with van der Waals surface area (Å²) in [5.74, 6) is 0. The third-order valence-corrected chi connectivity index (χ3v) is 7.28. The molecule has 4 heteroatoms. The Balaban J connectivity index is 1.44. The summed E-state index contributed by atoms with van der Waals surface area (Å²) in [4.78, 5) is 6.83. The molecule has 136 valence electrons. The normalized spacial score (nSPS) is 25.4. The summed E-state index contributed by atoms with van der Waals surface area (Å²) < 4.78 is 6.73. The molecular weight excluding hydrogens is 328 g/mol. The summed E-state index contributed by atoms with van der Waals surface area (Å²) >= 11 is 1.95. The first kappa shape index (κ1) is 17.5. The Bertz CT molecular complexity index is 728. The topological polar surface area (TPSA) is 15.7 Å². The molecule has 3 heterocycles. The fourth-order valence-electron chi connectivity index (χ4n) is 4.86. The minimum Gasteiger partial charge on any atom is -0.383 e. The lowest BCUT2D eigenvalue weighted by atomic mass is 9.79. The molecule has 0 aliphatic carbocycles. The smallest absolute Gasteiger partial charge is 0.0589 e. The summed E-state index contributed by atoms with van der Waals surface area (Å²) in [6.45, 7) is 10.4. The van der Waals surface area contributed by atoms with Gasteiger partial charge in [-0.1, -0.05) is 18.2 Å². The summed E-state index contributed by atoms with van der Waals surface area (Å²) in [5.41, 5.74) is 2.08. The van der Waals surface area contributed by atoms with E-state index in [0.717, 1.165) is 19.7 Å². The van der Waals surface area contributed by atoms with Crippen LogP contribution in [0.15, 0.2) is 24.3 Å². The zero-order valence-electron chi connectivity index (χ0n) is 15.6. The molecule has 0 saturated carbocycles. The molecule has 0 bridgehead atoms. The van der Waals surface area contributed by atoms with Crippen LogP contribution in [0.2, 0.25) is 0 Å². The molecule has 1 unspecified atom stereocenters. The Kier molecular flexibility index (Phi) is 5.14. The molecule has 1 atom stereocenters. The molecule has 2 saturated heterocycles. The number of rotatable bonds is 5. The van der Waals surface area contributed by atoms with Crippen LogP contribution >= 0.6 is 11.3 Å². The lowest BCUT2D eigenvalue weighted by Crippen LogP contribution is -2.45. The van der Waals surface area contributed by atoms with Crippen molar-refractivity contribution in [3.05, 3.63) is 34.7 Å². The second-order valence-electron chi connectivity index (χ2n) is 7.97. The fourth-order valence-corrected chi connectivity index (χ4v) is 5.93. The second-order valence-corrected chi connectivity index (χ2v) is 9.22. The van der Waals surface area contributed by atoms with E-state index in [9.17, 15) is 0 Å². The molecule has 0 amide bonds. The van der Waals surface area contributed by atoms with E-state index in [4.69, 9.17) is 4.74 Å². The van der Waals surface area contributed by atoms with Gasteiger partial charge in [-0.3, -0.25) is 4.90 Å². The highest BCUT2D eigenvalue weighted by atomic mass is 32.1. The third kappa shape index (κ3) is 3.63. The van der Waals surface area contributed by atoms with Gasteiger partial charge in [0, 0.05) is 42.9 Å². The number of ether oxygens (including phenoxy) is 1. The van der Waals surface area contributed by atoms with Gasteiger partial charge in [-0.15, -0.1) is 11.3 Å². The monoisotopic (exact) mass is 358 g/mol. The van der Waals surface area contributed by atoms with Gasteiger partial charge in [0.15, 0.2) is 0 Å². The van der Waals surface area contributed by atoms with E-state index in [-0.39, 0.29) is 0 Å². The summed E-state index contributed by atoms with van der Waals surface area (Å²) in [7, 11) is 1.81. The molecule has 2 fully saturated rings. The Hall–Kier alpha value is -0.940. The van der Waals surface area contributed by atoms with Crippen molar-refractivity contribution in [2.75, 3.05) is 46.4 Å². The van der Waals surface area contributed by atoms with E-state index in [0.29, 0.717) is 5.41 Å². The van der Waals surface area contributed by atoms with E-state index in [1.807, 2.05) is 18.4 Å². The average molecular weight is 359 g/mol. The maximum absolute atomic E-state index is 5.29. The van der Waals surface area contributed by atoms with Crippen LogP contribution in [0.4, 0.5) is 0 Å². The first-order valence-electron chi connectivity index (χ1n) is 9.60. The first-order valence-corrected chi connectivity index (χ1v) is 10.4. The largest absolute Gasteiger partial charge is 0.383 e. The van der Waals surface area contributed by atoms with Crippen molar-refractivity contribution in [1.82, 2.24) is 9.80 Å². The number of hydrogen-bond acceptors (Lipinski definition) is 4. The minimum atomic E-state index is 0.520. The summed E-state index contributed by atoms with van der Waals surface area (Å²) in [5, 5.41) is 1.47. The lowest BCUT2D eigenvalue weighted by molar-refractivity contribution is 0.0674. The Morgan fingerprint density at radius 3 is 2.84 bits per heavy atom. The third-order valence-electron chi connectivity index (χ3n) is 6.15. The van der Waals surface area contributed by atoms with Gasteiger partial charge < -0.3 is 9.64 Å². The number of benzene rings is 1. The zero-order valence-corrected chi connectivity index (χ0v) is 16.4. The number of likely N-dealkylation sites (tertiary alicyclic amines) is 2. The average Bonchev–Trinajstić information content (AvgIpc) is 3.15.